The fourth-order valence-electron chi connectivity index (χ4n) is 1.01. The van der Waals surface area contributed by atoms with Crippen molar-refractivity contribution < 1.29 is 9.90 Å². The summed E-state index contributed by atoms with van der Waals surface area (Å²) in [4.78, 5) is 10.3. The summed E-state index contributed by atoms with van der Waals surface area (Å²) in [7, 11) is 0. The first-order valence-electron chi connectivity index (χ1n) is 3.96. The smallest absolute Gasteiger partial charge is 0.309 e. The Bertz CT molecular complexity index is 268. The zero-order chi connectivity index (χ0) is 8.97. The number of aliphatic carboxylic acids is 1. The molecular weight excluding hydrogens is 156 g/mol. The van der Waals surface area contributed by atoms with Crippen LogP contribution in [0.1, 0.15) is 19.0 Å². The standard InChI is InChI=1S/C8H12N2O2/c1-2-4-10-5-3-7(9-10)6-8(11)12/h3,5H,2,4,6H2,1H3,(H,11,12). The van der Waals surface area contributed by atoms with E-state index >= 15 is 0 Å². The third-order valence-electron chi connectivity index (χ3n) is 1.48. The fourth-order valence-corrected chi connectivity index (χ4v) is 1.01. The van der Waals surface area contributed by atoms with E-state index < -0.39 is 5.97 Å². The molecule has 1 heterocycles. The zero-order valence-corrected chi connectivity index (χ0v) is 7.03. The molecule has 4 nitrogen and oxygen atoms in total. The first-order chi connectivity index (χ1) is 5.72. The number of aromatic nitrogens is 2. The molecule has 0 unspecified atom stereocenters. The number of hydrogen-bond acceptors (Lipinski definition) is 2. The fraction of sp³-hybridized carbons (Fsp3) is 0.500. The predicted octanol–water partition coefficient (Wildman–Crippen LogP) is 0.920. The molecule has 12 heavy (non-hydrogen) atoms. The molecule has 0 saturated heterocycles. The van der Waals surface area contributed by atoms with Gasteiger partial charge in [-0.2, -0.15) is 5.10 Å². The van der Waals surface area contributed by atoms with E-state index in [1.807, 2.05) is 6.20 Å². The van der Waals surface area contributed by atoms with Crippen LogP contribution in [0.3, 0.4) is 0 Å². The van der Waals surface area contributed by atoms with Crippen LogP contribution in [0.25, 0.3) is 0 Å². The van der Waals surface area contributed by atoms with Gasteiger partial charge in [0.1, 0.15) is 0 Å². The molecule has 0 fully saturated rings. The van der Waals surface area contributed by atoms with Crippen LogP contribution in [0.15, 0.2) is 12.3 Å². The van der Waals surface area contributed by atoms with Crippen molar-refractivity contribution in [1.29, 1.82) is 0 Å². The molecule has 0 saturated carbocycles. The second kappa shape index (κ2) is 3.90. The van der Waals surface area contributed by atoms with Crippen molar-refractivity contribution in [1.82, 2.24) is 9.78 Å². The van der Waals surface area contributed by atoms with Crippen molar-refractivity contribution in [2.45, 2.75) is 26.3 Å². The van der Waals surface area contributed by atoms with E-state index in [9.17, 15) is 4.79 Å². The lowest BCUT2D eigenvalue weighted by Gasteiger charge is -1.95. The summed E-state index contributed by atoms with van der Waals surface area (Å²) >= 11 is 0. The molecule has 0 aliphatic rings. The number of hydrogen-bond donors (Lipinski definition) is 1. The SMILES string of the molecule is CCCn1ccc(CC(=O)O)n1. The minimum atomic E-state index is -0.836. The van der Waals surface area contributed by atoms with Crippen molar-refractivity contribution in [3.05, 3.63) is 18.0 Å². The van der Waals surface area contributed by atoms with E-state index in [1.54, 1.807) is 10.7 Å². The van der Waals surface area contributed by atoms with E-state index in [-0.39, 0.29) is 6.42 Å². The van der Waals surface area contributed by atoms with Gasteiger partial charge in [0.25, 0.3) is 0 Å². The van der Waals surface area contributed by atoms with Gasteiger partial charge in [0.15, 0.2) is 0 Å². The Hall–Kier alpha value is -1.32. The topological polar surface area (TPSA) is 55.1 Å². The highest BCUT2D eigenvalue weighted by molar-refractivity contribution is 5.69. The first kappa shape index (κ1) is 8.77. The molecule has 0 aliphatic carbocycles. The van der Waals surface area contributed by atoms with E-state index in [1.165, 1.54) is 0 Å². The highest BCUT2D eigenvalue weighted by atomic mass is 16.4. The van der Waals surface area contributed by atoms with Gasteiger partial charge in [0.2, 0.25) is 0 Å². The van der Waals surface area contributed by atoms with Gasteiger partial charge in [0, 0.05) is 12.7 Å². The highest BCUT2D eigenvalue weighted by Gasteiger charge is 2.02. The Morgan fingerprint density at radius 2 is 2.50 bits per heavy atom. The molecule has 4 heteroatoms. The van der Waals surface area contributed by atoms with Gasteiger partial charge in [-0.3, -0.25) is 9.48 Å². The van der Waals surface area contributed by atoms with Crippen LogP contribution < -0.4 is 0 Å². The van der Waals surface area contributed by atoms with Crippen molar-refractivity contribution in [3.8, 4) is 0 Å². The largest absolute Gasteiger partial charge is 0.481 e. The van der Waals surface area contributed by atoms with Gasteiger partial charge in [-0.1, -0.05) is 6.92 Å². The summed E-state index contributed by atoms with van der Waals surface area (Å²) in [5.41, 5.74) is 0.621. The number of rotatable bonds is 4. The highest BCUT2D eigenvalue weighted by Crippen LogP contribution is 1.97. The normalized spacial score (nSPS) is 10.1. The quantitative estimate of drug-likeness (QED) is 0.727. The van der Waals surface area contributed by atoms with Crippen molar-refractivity contribution in [2.75, 3.05) is 0 Å². The van der Waals surface area contributed by atoms with E-state index in [0.717, 1.165) is 13.0 Å². The van der Waals surface area contributed by atoms with Gasteiger partial charge >= 0.3 is 5.97 Å². The summed E-state index contributed by atoms with van der Waals surface area (Å²) in [5, 5.41) is 12.5. The maximum atomic E-state index is 10.3. The molecular formula is C8H12N2O2. The molecule has 0 bridgehead atoms. The first-order valence-corrected chi connectivity index (χ1v) is 3.96. The summed E-state index contributed by atoms with van der Waals surface area (Å²) in [5.74, 6) is -0.836. The average Bonchev–Trinajstić information content (AvgIpc) is 2.36. The Morgan fingerprint density at radius 3 is 3.08 bits per heavy atom. The number of carboxylic acid groups (broad SMARTS) is 1. The van der Waals surface area contributed by atoms with Gasteiger partial charge in [-0.05, 0) is 12.5 Å². The van der Waals surface area contributed by atoms with Crippen molar-refractivity contribution in [2.24, 2.45) is 0 Å². The molecule has 0 aromatic carbocycles. The van der Waals surface area contributed by atoms with Crippen LogP contribution in [0.5, 0.6) is 0 Å². The Morgan fingerprint density at radius 1 is 1.75 bits per heavy atom. The molecule has 0 aliphatic heterocycles. The molecule has 0 atom stereocenters. The zero-order valence-electron chi connectivity index (χ0n) is 7.03. The lowest BCUT2D eigenvalue weighted by atomic mass is 10.3. The lowest BCUT2D eigenvalue weighted by Crippen LogP contribution is -2.03. The van der Waals surface area contributed by atoms with E-state index in [2.05, 4.69) is 12.0 Å². The van der Waals surface area contributed by atoms with Crippen LogP contribution in [-0.4, -0.2) is 20.9 Å². The van der Waals surface area contributed by atoms with Crippen LogP contribution in [0.2, 0.25) is 0 Å². The van der Waals surface area contributed by atoms with Crippen LogP contribution in [-0.2, 0) is 17.8 Å². The average molecular weight is 168 g/mol. The molecule has 1 aromatic heterocycles. The van der Waals surface area contributed by atoms with Crippen molar-refractivity contribution in [3.63, 3.8) is 0 Å². The van der Waals surface area contributed by atoms with Gasteiger partial charge < -0.3 is 5.11 Å². The third-order valence-corrected chi connectivity index (χ3v) is 1.48. The van der Waals surface area contributed by atoms with Crippen molar-refractivity contribution >= 4 is 5.97 Å². The van der Waals surface area contributed by atoms with Gasteiger partial charge in [0.05, 0.1) is 12.1 Å². The summed E-state index contributed by atoms with van der Waals surface area (Å²) in [6.45, 7) is 2.90. The monoisotopic (exact) mass is 168 g/mol. The summed E-state index contributed by atoms with van der Waals surface area (Å²) in [6.07, 6.45) is 2.83. The molecule has 0 spiro atoms. The maximum Gasteiger partial charge on any atom is 0.309 e. The predicted molar refractivity (Wildman–Crippen MR) is 43.9 cm³/mol. The Balaban J connectivity index is 2.58. The molecule has 0 radical (unpaired) electrons. The maximum absolute atomic E-state index is 10.3. The second-order valence-corrected chi connectivity index (χ2v) is 2.64. The molecule has 1 N–H and O–H groups in total. The summed E-state index contributed by atoms with van der Waals surface area (Å²) < 4.78 is 1.76. The lowest BCUT2D eigenvalue weighted by molar-refractivity contribution is -0.136. The molecule has 1 aromatic rings. The molecule has 1 rings (SSSR count). The molecule has 66 valence electrons. The van der Waals surface area contributed by atoms with E-state index in [0.29, 0.717) is 5.69 Å². The van der Waals surface area contributed by atoms with Crippen LogP contribution in [0, 0.1) is 0 Å². The number of aryl methyl sites for hydroxylation is 1. The van der Waals surface area contributed by atoms with Crippen LogP contribution in [0.4, 0.5) is 0 Å². The Kier molecular flexibility index (Phi) is 2.85. The second-order valence-electron chi connectivity index (χ2n) is 2.64. The molecule has 0 amide bonds. The number of carbonyl (C=O) groups is 1. The Labute approximate surface area is 70.8 Å². The summed E-state index contributed by atoms with van der Waals surface area (Å²) in [6, 6.07) is 1.74. The number of nitrogens with zero attached hydrogens (tertiary/aromatic N) is 2. The minimum Gasteiger partial charge on any atom is -0.481 e. The van der Waals surface area contributed by atoms with E-state index in [4.69, 9.17) is 5.11 Å². The third kappa shape index (κ3) is 2.38. The van der Waals surface area contributed by atoms with Gasteiger partial charge in [-0.15, -0.1) is 0 Å². The van der Waals surface area contributed by atoms with Crippen LogP contribution >= 0.6 is 0 Å². The number of carboxylic acids is 1. The minimum absolute atomic E-state index is 0.0106. The van der Waals surface area contributed by atoms with Gasteiger partial charge in [-0.25, -0.2) is 0 Å².